The highest BCUT2D eigenvalue weighted by molar-refractivity contribution is 5.42. The molecule has 21 heavy (non-hydrogen) atoms. The molecular weight excluding hydrogens is 264 g/mol. The Morgan fingerprint density at radius 1 is 1.29 bits per heavy atom. The predicted molar refractivity (Wildman–Crippen MR) is 84.9 cm³/mol. The zero-order valence-corrected chi connectivity index (χ0v) is 13.1. The Morgan fingerprint density at radius 2 is 2.05 bits per heavy atom. The van der Waals surface area contributed by atoms with Crippen LogP contribution in [0.3, 0.4) is 0 Å². The molecule has 0 radical (unpaired) electrons. The number of piperazine rings is 1. The van der Waals surface area contributed by atoms with Crippen LogP contribution in [0.4, 0.5) is 5.82 Å². The molecule has 3 rings (SSSR count). The van der Waals surface area contributed by atoms with Crippen LogP contribution in [0.15, 0.2) is 17.2 Å². The predicted octanol–water partition coefficient (Wildman–Crippen LogP) is 1.94. The Morgan fingerprint density at radius 3 is 2.76 bits per heavy atom. The van der Waals surface area contributed by atoms with Gasteiger partial charge in [0.2, 0.25) is 0 Å². The van der Waals surface area contributed by atoms with Crippen molar-refractivity contribution >= 4 is 5.82 Å². The van der Waals surface area contributed by atoms with Gasteiger partial charge in [-0.3, -0.25) is 4.79 Å². The standard InChI is InChI=1S/C16H26N4O/c1-13(2)19-10-9-18-14(15(19)21)20-11-8-17-12-16(20)6-4-3-5-7-16/h9-10,13,17H,3-8,11-12H2,1-2H3. The molecule has 1 spiro atoms. The Bertz CT molecular complexity index is 537. The molecule has 1 saturated carbocycles. The molecule has 0 aromatic carbocycles. The summed E-state index contributed by atoms with van der Waals surface area (Å²) >= 11 is 0. The second kappa shape index (κ2) is 5.79. The van der Waals surface area contributed by atoms with Crippen molar-refractivity contribution in [2.24, 2.45) is 0 Å². The van der Waals surface area contributed by atoms with Crippen LogP contribution >= 0.6 is 0 Å². The Balaban J connectivity index is 2.01. The van der Waals surface area contributed by atoms with Gasteiger partial charge in [0.15, 0.2) is 5.82 Å². The molecule has 2 fully saturated rings. The number of nitrogens with zero attached hydrogens (tertiary/aromatic N) is 3. The van der Waals surface area contributed by atoms with E-state index in [0.717, 1.165) is 32.5 Å². The van der Waals surface area contributed by atoms with Gasteiger partial charge < -0.3 is 14.8 Å². The van der Waals surface area contributed by atoms with Gasteiger partial charge >= 0.3 is 0 Å². The van der Waals surface area contributed by atoms with Crippen molar-refractivity contribution in [3.8, 4) is 0 Å². The lowest BCUT2D eigenvalue weighted by molar-refractivity contribution is 0.238. The Labute approximate surface area is 126 Å². The topological polar surface area (TPSA) is 50.2 Å². The minimum absolute atomic E-state index is 0.0550. The fraction of sp³-hybridized carbons (Fsp3) is 0.750. The summed E-state index contributed by atoms with van der Waals surface area (Å²) in [5.41, 5.74) is 0.151. The maximum Gasteiger partial charge on any atom is 0.293 e. The van der Waals surface area contributed by atoms with Gasteiger partial charge in [-0.1, -0.05) is 19.3 Å². The molecule has 0 unspecified atom stereocenters. The van der Waals surface area contributed by atoms with E-state index >= 15 is 0 Å². The van der Waals surface area contributed by atoms with Crippen molar-refractivity contribution in [3.05, 3.63) is 22.7 Å². The third-order valence-electron chi connectivity index (χ3n) is 4.98. The fourth-order valence-electron chi connectivity index (χ4n) is 3.84. The van der Waals surface area contributed by atoms with Gasteiger partial charge in [-0.25, -0.2) is 4.98 Å². The number of nitrogens with one attached hydrogen (secondary N) is 1. The average molecular weight is 290 g/mol. The number of aromatic nitrogens is 2. The molecule has 0 bridgehead atoms. The highest BCUT2D eigenvalue weighted by Gasteiger charge is 2.41. The molecule has 5 nitrogen and oxygen atoms in total. The minimum Gasteiger partial charge on any atom is -0.344 e. The summed E-state index contributed by atoms with van der Waals surface area (Å²) in [7, 11) is 0. The minimum atomic E-state index is 0.0550. The maximum absolute atomic E-state index is 12.8. The van der Waals surface area contributed by atoms with Gasteiger partial charge in [0, 0.05) is 38.1 Å². The number of hydrogen-bond acceptors (Lipinski definition) is 4. The van der Waals surface area contributed by atoms with E-state index in [1.807, 2.05) is 13.8 Å². The molecule has 1 aromatic heterocycles. The summed E-state index contributed by atoms with van der Waals surface area (Å²) in [6.45, 7) is 6.87. The first-order chi connectivity index (χ1) is 10.1. The van der Waals surface area contributed by atoms with Gasteiger partial charge in [-0.2, -0.15) is 0 Å². The molecule has 5 heteroatoms. The zero-order valence-electron chi connectivity index (χ0n) is 13.1. The molecule has 1 aliphatic heterocycles. The molecule has 2 aliphatic rings. The SMILES string of the molecule is CC(C)n1ccnc(N2CCNCC23CCCCC3)c1=O. The highest BCUT2D eigenvalue weighted by Crippen LogP contribution is 2.36. The van der Waals surface area contributed by atoms with Crippen molar-refractivity contribution in [2.75, 3.05) is 24.5 Å². The van der Waals surface area contributed by atoms with Gasteiger partial charge in [0.1, 0.15) is 0 Å². The smallest absolute Gasteiger partial charge is 0.293 e. The lowest BCUT2D eigenvalue weighted by Crippen LogP contribution is -2.63. The van der Waals surface area contributed by atoms with Gasteiger partial charge in [-0.15, -0.1) is 0 Å². The molecule has 1 aromatic rings. The van der Waals surface area contributed by atoms with E-state index in [4.69, 9.17) is 0 Å². The van der Waals surface area contributed by atoms with Crippen LogP contribution in [0.25, 0.3) is 0 Å². The van der Waals surface area contributed by atoms with Crippen LogP contribution in [0.1, 0.15) is 52.0 Å². The second-order valence-electron chi connectivity index (χ2n) is 6.67. The van der Waals surface area contributed by atoms with Crippen LogP contribution in [0, 0.1) is 0 Å². The van der Waals surface area contributed by atoms with Gasteiger partial charge in [0.25, 0.3) is 5.56 Å². The number of hydrogen-bond donors (Lipinski definition) is 1. The first-order valence-corrected chi connectivity index (χ1v) is 8.20. The van der Waals surface area contributed by atoms with E-state index in [0.29, 0.717) is 5.82 Å². The average Bonchev–Trinajstić information content (AvgIpc) is 2.49. The molecule has 116 valence electrons. The molecule has 2 heterocycles. The molecule has 1 N–H and O–H groups in total. The normalized spacial score (nSPS) is 22.0. The number of rotatable bonds is 2. The lowest BCUT2D eigenvalue weighted by Gasteiger charge is -2.50. The highest BCUT2D eigenvalue weighted by atomic mass is 16.1. The summed E-state index contributed by atoms with van der Waals surface area (Å²) in [6.07, 6.45) is 9.72. The largest absolute Gasteiger partial charge is 0.344 e. The van der Waals surface area contributed by atoms with E-state index in [-0.39, 0.29) is 17.1 Å². The number of anilines is 1. The third kappa shape index (κ3) is 2.59. The van der Waals surface area contributed by atoms with E-state index < -0.39 is 0 Å². The Hall–Kier alpha value is -1.36. The third-order valence-corrected chi connectivity index (χ3v) is 4.98. The van der Waals surface area contributed by atoms with E-state index in [1.165, 1.54) is 19.3 Å². The van der Waals surface area contributed by atoms with Crippen molar-refractivity contribution in [3.63, 3.8) is 0 Å². The van der Waals surface area contributed by atoms with Gasteiger partial charge in [-0.05, 0) is 26.7 Å². The first-order valence-electron chi connectivity index (χ1n) is 8.20. The Kier molecular flexibility index (Phi) is 4.02. The molecule has 0 atom stereocenters. The zero-order chi connectivity index (χ0) is 14.9. The van der Waals surface area contributed by atoms with Crippen LogP contribution in [0.2, 0.25) is 0 Å². The van der Waals surface area contributed by atoms with E-state index in [9.17, 15) is 4.79 Å². The van der Waals surface area contributed by atoms with Crippen LogP contribution < -0.4 is 15.8 Å². The first kappa shape index (κ1) is 14.6. The molecule has 1 saturated heterocycles. The summed E-state index contributed by atoms with van der Waals surface area (Å²) in [6, 6.07) is 0.171. The lowest BCUT2D eigenvalue weighted by atomic mass is 9.79. The summed E-state index contributed by atoms with van der Waals surface area (Å²) in [5, 5.41) is 3.52. The van der Waals surface area contributed by atoms with Crippen molar-refractivity contribution in [2.45, 2.75) is 57.5 Å². The maximum atomic E-state index is 12.8. The van der Waals surface area contributed by atoms with Crippen molar-refractivity contribution in [1.82, 2.24) is 14.9 Å². The van der Waals surface area contributed by atoms with E-state index in [1.54, 1.807) is 17.0 Å². The van der Waals surface area contributed by atoms with Crippen molar-refractivity contribution in [1.29, 1.82) is 0 Å². The van der Waals surface area contributed by atoms with E-state index in [2.05, 4.69) is 15.2 Å². The van der Waals surface area contributed by atoms with Crippen LogP contribution in [-0.4, -0.2) is 34.7 Å². The summed E-state index contributed by atoms with van der Waals surface area (Å²) in [5.74, 6) is 0.648. The molecule has 1 aliphatic carbocycles. The summed E-state index contributed by atoms with van der Waals surface area (Å²) in [4.78, 5) is 19.5. The fourth-order valence-corrected chi connectivity index (χ4v) is 3.84. The van der Waals surface area contributed by atoms with Crippen molar-refractivity contribution < 1.29 is 0 Å². The molecule has 0 amide bonds. The second-order valence-corrected chi connectivity index (χ2v) is 6.67. The molecular formula is C16H26N4O. The van der Waals surface area contributed by atoms with Crippen LogP contribution in [-0.2, 0) is 0 Å². The van der Waals surface area contributed by atoms with Gasteiger partial charge in [0.05, 0.1) is 5.54 Å². The monoisotopic (exact) mass is 290 g/mol. The summed E-state index contributed by atoms with van der Waals surface area (Å²) < 4.78 is 1.79. The van der Waals surface area contributed by atoms with Crippen LogP contribution in [0.5, 0.6) is 0 Å². The quantitative estimate of drug-likeness (QED) is 0.904.